The molecule has 0 saturated heterocycles. The molecule has 0 aromatic heterocycles. The lowest BCUT2D eigenvalue weighted by atomic mass is 10.1. The minimum atomic E-state index is 1.14. The molecule has 0 N–H and O–H groups in total. The van der Waals surface area contributed by atoms with E-state index in [1.165, 1.54) is 5.57 Å². The molecule has 0 aliphatic rings. The lowest BCUT2D eigenvalue weighted by molar-refractivity contribution is 0.869. The zero-order valence-corrected chi connectivity index (χ0v) is 8.34. The van der Waals surface area contributed by atoms with Crippen LogP contribution in [-0.4, -0.2) is 0 Å². The largest absolute Gasteiger partial charge is 0.0998 e. The molecule has 68 valence electrons. The smallest absolute Gasteiger partial charge is 0.0288 e. The monoisotopic (exact) mass is 164 g/mol. The molecule has 0 fully saturated rings. The van der Waals surface area contributed by atoms with Crippen LogP contribution in [0.3, 0.4) is 0 Å². The second-order valence-corrected chi connectivity index (χ2v) is 2.97. The van der Waals surface area contributed by atoms with Gasteiger partial charge in [-0.1, -0.05) is 36.5 Å². The molecule has 0 radical (unpaired) electrons. The Bertz CT molecular complexity index is 143. The Labute approximate surface area is 76.7 Å². The fourth-order valence-electron chi connectivity index (χ4n) is 1.03. The summed E-state index contributed by atoms with van der Waals surface area (Å²) < 4.78 is 0. The molecule has 0 heterocycles. The summed E-state index contributed by atoms with van der Waals surface area (Å²) in [6.07, 6.45) is 13.2. The minimum Gasteiger partial charge on any atom is -0.0998 e. The molecule has 0 aliphatic carbocycles. The fraction of sp³-hybridized carbons (Fsp3) is 0.500. The Kier molecular flexibility index (Phi) is 7.78. The molecule has 0 spiro atoms. The molecule has 0 atom stereocenters. The van der Waals surface area contributed by atoms with Crippen LogP contribution in [0.4, 0.5) is 0 Å². The molecular formula is C12H20. The Morgan fingerprint density at radius 3 is 1.75 bits per heavy atom. The highest BCUT2D eigenvalue weighted by molar-refractivity contribution is 4.98. The van der Waals surface area contributed by atoms with Gasteiger partial charge in [0, 0.05) is 0 Å². The summed E-state index contributed by atoms with van der Waals surface area (Å²) in [5, 5.41) is 0. The van der Waals surface area contributed by atoms with Crippen LogP contribution in [0.2, 0.25) is 0 Å². The van der Waals surface area contributed by atoms with Crippen LogP contribution < -0.4 is 0 Å². The van der Waals surface area contributed by atoms with Gasteiger partial charge in [0.1, 0.15) is 0 Å². The van der Waals surface area contributed by atoms with E-state index in [0.717, 1.165) is 25.7 Å². The Balaban J connectivity index is 3.33. The molecular weight excluding hydrogens is 144 g/mol. The number of hydrogen-bond donors (Lipinski definition) is 0. The van der Waals surface area contributed by atoms with Crippen LogP contribution in [0.15, 0.2) is 36.5 Å². The second-order valence-electron chi connectivity index (χ2n) is 2.97. The van der Waals surface area contributed by atoms with Crippen LogP contribution >= 0.6 is 0 Å². The van der Waals surface area contributed by atoms with Crippen LogP contribution in [-0.2, 0) is 0 Å². The van der Waals surface area contributed by atoms with Crippen LogP contribution in [0.1, 0.15) is 39.5 Å². The summed E-state index contributed by atoms with van der Waals surface area (Å²) in [4.78, 5) is 0. The summed E-state index contributed by atoms with van der Waals surface area (Å²) in [5.74, 6) is 0. The highest BCUT2D eigenvalue weighted by Gasteiger charge is 1.90. The number of hydrogen-bond acceptors (Lipinski definition) is 0. The predicted octanol–water partition coefficient (Wildman–Crippen LogP) is 4.26. The van der Waals surface area contributed by atoms with Crippen molar-refractivity contribution in [2.75, 3.05) is 0 Å². The van der Waals surface area contributed by atoms with Gasteiger partial charge >= 0.3 is 0 Å². The number of rotatable bonds is 6. The standard InChI is InChI=1S/C12H20/c1-4-6-8-10-12(3)11-9-7-5-2/h4-7H,3,8-11H2,1-2H3. The van der Waals surface area contributed by atoms with Gasteiger partial charge in [0.25, 0.3) is 0 Å². The van der Waals surface area contributed by atoms with Crippen LogP contribution in [0, 0.1) is 0 Å². The first-order valence-electron chi connectivity index (χ1n) is 4.70. The average Bonchev–Trinajstić information content (AvgIpc) is 2.06. The van der Waals surface area contributed by atoms with Crippen molar-refractivity contribution in [3.8, 4) is 0 Å². The summed E-state index contributed by atoms with van der Waals surface area (Å²) in [7, 11) is 0. The first kappa shape index (κ1) is 11.2. The van der Waals surface area contributed by atoms with Gasteiger partial charge in [-0.15, -0.1) is 0 Å². The van der Waals surface area contributed by atoms with Crippen LogP contribution in [0.25, 0.3) is 0 Å². The minimum absolute atomic E-state index is 1.14. The number of allylic oxidation sites excluding steroid dienone is 5. The summed E-state index contributed by atoms with van der Waals surface area (Å²) in [6.45, 7) is 8.15. The van der Waals surface area contributed by atoms with E-state index in [9.17, 15) is 0 Å². The van der Waals surface area contributed by atoms with Gasteiger partial charge in [-0.25, -0.2) is 0 Å². The van der Waals surface area contributed by atoms with E-state index in [0.29, 0.717) is 0 Å². The summed E-state index contributed by atoms with van der Waals surface area (Å²) >= 11 is 0. The fourth-order valence-corrected chi connectivity index (χ4v) is 1.03. The molecule has 0 aromatic carbocycles. The second kappa shape index (κ2) is 8.32. The van der Waals surface area contributed by atoms with E-state index in [1.807, 2.05) is 0 Å². The molecule has 12 heavy (non-hydrogen) atoms. The molecule has 0 nitrogen and oxygen atoms in total. The molecule has 0 heteroatoms. The lowest BCUT2D eigenvalue weighted by Crippen LogP contribution is -1.79. The maximum Gasteiger partial charge on any atom is -0.0288 e. The van der Waals surface area contributed by atoms with Gasteiger partial charge in [0.15, 0.2) is 0 Å². The van der Waals surface area contributed by atoms with E-state index < -0.39 is 0 Å². The highest BCUT2D eigenvalue weighted by atomic mass is 14.0. The maximum atomic E-state index is 4.03. The van der Waals surface area contributed by atoms with E-state index in [2.05, 4.69) is 44.7 Å². The van der Waals surface area contributed by atoms with Crippen molar-refractivity contribution in [2.45, 2.75) is 39.5 Å². The Morgan fingerprint density at radius 2 is 1.42 bits per heavy atom. The normalized spacial score (nSPS) is 11.5. The molecule has 0 aromatic rings. The van der Waals surface area contributed by atoms with Crippen molar-refractivity contribution < 1.29 is 0 Å². The molecule has 0 rings (SSSR count). The van der Waals surface area contributed by atoms with Crippen molar-refractivity contribution in [3.05, 3.63) is 36.5 Å². The van der Waals surface area contributed by atoms with Gasteiger partial charge < -0.3 is 0 Å². The average molecular weight is 164 g/mol. The topological polar surface area (TPSA) is 0 Å². The summed E-state index contributed by atoms with van der Waals surface area (Å²) in [6, 6.07) is 0. The zero-order chi connectivity index (χ0) is 9.23. The SMILES string of the molecule is C=C(CCC=CC)CCC=CC. The van der Waals surface area contributed by atoms with E-state index >= 15 is 0 Å². The third-order valence-electron chi connectivity index (χ3n) is 1.80. The first-order chi connectivity index (χ1) is 5.81. The lowest BCUT2D eigenvalue weighted by Gasteiger charge is -1.99. The van der Waals surface area contributed by atoms with Crippen molar-refractivity contribution in [1.82, 2.24) is 0 Å². The quantitative estimate of drug-likeness (QED) is 0.515. The van der Waals surface area contributed by atoms with Gasteiger partial charge in [0.05, 0.1) is 0 Å². The van der Waals surface area contributed by atoms with Crippen LogP contribution in [0.5, 0.6) is 0 Å². The Hall–Kier alpha value is -0.780. The highest BCUT2D eigenvalue weighted by Crippen LogP contribution is 2.10. The zero-order valence-electron chi connectivity index (χ0n) is 8.34. The van der Waals surface area contributed by atoms with Crippen molar-refractivity contribution in [2.24, 2.45) is 0 Å². The summed E-state index contributed by atoms with van der Waals surface area (Å²) in [5.41, 5.74) is 1.37. The van der Waals surface area contributed by atoms with Crippen molar-refractivity contribution >= 4 is 0 Å². The molecule has 0 bridgehead atoms. The first-order valence-corrected chi connectivity index (χ1v) is 4.70. The maximum absolute atomic E-state index is 4.03. The predicted molar refractivity (Wildman–Crippen MR) is 57.2 cm³/mol. The molecule has 0 aliphatic heterocycles. The van der Waals surface area contributed by atoms with Gasteiger partial charge in [-0.05, 0) is 39.5 Å². The third-order valence-corrected chi connectivity index (χ3v) is 1.80. The van der Waals surface area contributed by atoms with E-state index in [4.69, 9.17) is 0 Å². The van der Waals surface area contributed by atoms with E-state index in [-0.39, 0.29) is 0 Å². The molecule has 0 amide bonds. The van der Waals surface area contributed by atoms with Crippen molar-refractivity contribution in [1.29, 1.82) is 0 Å². The third kappa shape index (κ3) is 7.33. The van der Waals surface area contributed by atoms with Gasteiger partial charge in [-0.2, -0.15) is 0 Å². The molecule has 0 saturated carbocycles. The van der Waals surface area contributed by atoms with Crippen molar-refractivity contribution in [3.63, 3.8) is 0 Å². The van der Waals surface area contributed by atoms with E-state index in [1.54, 1.807) is 0 Å². The van der Waals surface area contributed by atoms with Gasteiger partial charge in [-0.3, -0.25) is 0 Å². The Morgan fingerprint density at radius 1 is 1.00 bits per heavy atom. The molecule has 0 unspecified atom stereocenters. The van der Waals surface area contributed by atoms with Gasteiger partial charge in [0.2, 0.25) is 0 Å².